The van der Waals surface area contributed by atoms with Crippen LogP contribution in [0.15, 0.2) is 33.5 Å². The molecule has 15 heavy (non-hydrogen) atoms. The SMILES string of the molecule is Cc1c(O)cc(C=CC=CCO)oc1=O. The molecule has 1 rings (SSSR count). The van der Waals surface area contributed by atoms with Gasteiger partial charge in [-0.2, -0.15) is 0 Å². The predicted octanol–water partition coefficient (Wildman–Crippen LogP) is 1.22. The third kappa shape index (κ3) is 3.11. The third-order valence-electron chi connectivity index (χ3n) is 1.79. The molecule has 0 bridgehead atoms. The monoisotopic (exact) mass is 208 g/mol. The van der Waals surface area contributed by atoms with Gasteiger partial charge in [0.05, 0.1) is 12.2 Å². The summed E-state index contributed by atoms with van der Waals surface area (Å²) in [7, 11) is 0. The summed E-state index contributed by atoms with van der Waals surface area (Å²) in [6, 6.07) is 1.36. The maximum Gasteiger partial charge on any atom is 0.342 e. The first-order valence-corrected chi connectivity index (χ1v) is 4.43. The van der Waals surface area contributed by atoms with Crippen LogP contribution < -0.4 is 5.63 Å². The quantitative estimate of drug-likeness (QED) is 0.732. The fourth-order valence-corrected chi connectivity index (χ4v) is 0.933. The van der Waals surface area contributed by atoms with Gasteiger partial charge in [0.2, 0.25) is 0 Å². The van der Waals surface area contributed by atoms with Crippen molar-refractivity contribution in [2.45, 2.75) is 6.92 Å². The van der Waals surface area contributed by atoms with Gasteiger partial charge in [0, 0.05) is 6.07 Å². The molecule has 4 heteroatoms. The summed E-state index contributed by atoms with van der Waals surface area (Å²) in [5.74, 6) is 0.183. The molecular formula is C11H12O4. The molecule has 1 aromatic rings. The molecule has 0 saturated carbocycles. The van der Waals surface area contributed by atoms with Gasteiger partial charge in [0.15, 0.2) is 0 Å². The van der Waals surface area contributed by atoms with Crippen LogP contribution in [-0.2, 0) is 0 Å². The summed E-state index contributed by atoms with van der Waals surface area (Å²) in [5, 5.41) is 17.8. The molecule has 0 aliphatic carbocycles. The van der Waals surface area contributed by atoms with Crippen LogP contribution in [0.1, 0.15) is 11.3 Å². The van der Waals surface area contributed by atoms with Gasteiger partial charge < -0.3 is 14.6 Å². The lowest BCUT2D eigenvalue weighted by Crippen LogP contribution is -2.03. The van der Waals surface area contributed by atoms with Gasteiger partial charge in [-0.3, -0.25) is 0 Å². The van der Waals surface area contributed by atoms with Gasteiger partial charge in [-0.1, -0.05) is 18.2 Å². The zero-order valence-electron chi connectivity index (χ0n) is 8.30. The van der Waals surface area contributed by atoms with Gasteiger partial charge >= 0.3 is 5.63 Å². The zero-order valence-corrected chi connectivity index (χ0v) is 8.30. The highest BCUT2D eigenvalue weighted by molar-refractivity contribution is 5.48. The number of aliphatic hydroxyl groups excluding tert-OH is 1. The summed E-state index contributed by atoms with van der Waals surface area (Å²) in [6.07, 6.45) is 6.26. The van der Waals surface area contributed by atoms with Crippen molar-refractivity contribution >= 4 is 6.08 Å². The highest BCUT2D eigenvalue weighted by Gasteiger charge is 2.03. The molecule has 4 nitrogen and oxygen atoms in total. The highest BCUT2D eigenvalue weighted by atomic mass is 16.4. The second-order valence-corrected chi connectivity index (χ2v) is 2.92. The lowest BCUT2D eigenvalue weighted by atomic mass is 10.2. The molecule has 0 aromatic carbocycles. The highest BCUT2D eigenvalue weighted by Crippen LogP contribution is 2.14. The molecule has 0 unspecified atom stereocenters. The van der Waals surface area contributed by atoms with E-state index in [0.717, 1.165) is 0 Å². The maximum absolute atomic E-state index is 11.1. The van der Waals surface area contributed by atoms with E-state index in [9.17, 15) is 9.90 Å². The smallest absolute Gasteiger partial charge is 0.342 e. The first-order valence-electron chi connectivity index (χ1n) is 4.43. The summed E-state index contributed by atoms with van der Waals surface area (Å²) in [6.45, 7) is 1.44. The number of hydrogen-bond donors (Lipinski definition) is 2. The van der Waals surface area contributed by atoms with Crippen LogP contribution in [0, 0.1) is 6.92 Å². The average molecular weight is 208 g/mol. The zero-order chi connectivity index (χ0) is 11.3. The van der Waals surface area contributed by atoms with E-state index in [0.29, 0.717) is 0 Å². The van der Waals surface area contributed by atoms with E-state index in [4.69, 9.17) is 9.52 Å². The van der Waals surface area contributed by atoms with Crippen molar-refractivity contribution in [2.24, 2.45) is 0 Å². The molecule has 1 aromatic heterocycles. The second kappa shape index (κ2) is 5.17. The van der Waals surface area contributed by atoms with Crippen LogP contribution >= 0.6 is 0 Å². The topological polar surface area (TPSA) is 70.7 Å². The Hall–Kier alpha value is -1.81. The van der Waals surface area contributed by atoms with Crippen molar-refractivity contribution in [1.29, 1.82) is 0 Å². The van der Waals surface area contributed by atoms with Gasteiger partial charge in [-0.15, -0.1) is 0 Å². The summed E-state index contributed by atoms with van der Waals surface area (Å²) >= 11 is 0. The Balaban J connectivity index is 2.93. The fraction of sp³-hybridized carbons (Fsp3) is 0.182. The molecular weight excluding hydrogens is 196 g/mol. The Morgan fingerprint density at radius 3 is 2.80 bits per heavy atom. The lowest BCUT2D eigenvalue weighted by Gasteiger charge is -1.97. The van der Waals surface area contributed by atoms with Gasteiger partial charge in [-0.05, 0) is 13.0 Å². The van der Waals surface area contributed by atoms with Crippen LogP contribution in [0.5, 0.6) is 5.75 Å². The van der Waals surface area contributed by atoms with Gasteiger partial charge in [0.1, 0.15) is 11.5 Å². The van der Waals surface area contributed by atoms with Gasteiger partial charge in [-0.25, -0.2) is 4.79 Å². The number of allylic oxidation sites excluding steroid dienone is 2. The van der Waals surface area contributed by atoms with Crippen molar-refractivity contribution < 1.29 is 14.6 Å². The van der Waals surface area contributed by atoms with Crippen LogP contribution in [0.3, 0.4) is 0 Å². The minimum absolute atomic E-state index is 0.0482. The Bertz CT molecular complexity index is 440. The fourth-order valence-electron chi connectivity index (χ4n) is 0.933. The standard InChI is InChI=1S/C11H12O4/c1-8-10(13)7-9(15-11(8)14)5-3-2-4-6-12/h2-5,7,12-13H,6H2,1H3. The molecule has 0 saturated heterocycles. The molecule has 2 N–H and O–H groups in total. The first-order chi connectivity index (χ1) is 7.15. The summed E-state index contributed by atoms with van der Waals surface area (Å²) in [4.78, 5) is 11.1. The Morgan fingerprint density at radius 1 is 1.47 bits per heavy atom. The van der Waals surface area contributed by atoms with E-state index in [1.54, 1.807) is 12.2 Å². The molecule has 0 amide bonds. The summed E-state index contributed by atoms with van der Waals surface area (Å²) < 4.78 is 4.87. The van der Waals surface area contributed by atoms with E-state index >= 15 is 0 Å². The summed E-state index contributed by atoms with van der Waals surface area (Å²) in [5.41, 5.74) is -0.362. The Labute approximate surface area is 86.8 Å². The van der Waals surface area contributed by atoms with Crippen molar-refractivity contribution in [3.8, 4) is 5.75 Å². The Kier molecular flexibility index (Phi) is 3.88. The molecule has 0 fully saturated rings. The second-order valence-electron chi connectivity index (χ2n) is 2.92. The van der Waals surface area contributed by atoms with Crippen LogP contribution in [0.4, 0.5) is 0 Å². The van der Waals surface area contributed by atoms with Crippen molar-refractivity contribution in [2.75, 3.05) is 6.61 Å². The van der Waals surface area contributed by atoms with E-state index in [2.05, 4.69) is 0 Å². The minimum Gasteiger partial charge on any atom is -0.507 e. The first kappa shape index (κ1) is 11.3. The molecule has 0 aliphatic heterocycles. The van der Waals surface area contributed by atoms with E-state index in [1.165, 1.54) is 25.1 Å². The number of aromatic hydroxyl groups is 1. The molecule has 80 valence electrons. The van der Waals surface area contributed by atoms with E-state index < -0.39 is 5.63 Å². The van der Waals surface area contributed by atoms with Crippen LogP contribution in [0.25, 0.3) is 6.08 Å². The molecule has 0 aliphatic rings. The average Bonchev–Trinajstić information content (AvgIpc) is 2.21. The van der Waals surface area contributed by atoms with Gasteiger partial charge in [0.25, 0.3) is 0 Å². The van der Waals surface area contributed by atoms with E-state index in [1.807, 2.05) is 0 Å². The number of rotatable bonds is 3. The van der Waals surface area contributed by atoms with Crippen molar-refractivity contribution in [3.63, 3.8) is 0 Å². The van der Waals surface area contributed by atoms with Crippen LogP contribution in [0.2, 0.25) is 0 Å². The minimum atomic E-state index is -0.555. The van der Waals surface area contributed by atoms with E-state index in [-0.39, 0.29) is 23.7 Å². The Morgan fingerprint density at radius 2 is 2.20 bits per heavy atom. The molecule has 0 atom stereocenters. The largest absolute Gasteiger partial charge is 0.507 e. The normalized spacial score (nSPS) is 11.6. The van der Waals surface area contributed by atoms with Crippen molar-refractivity contribution in [1.82, 2.24) is 0 Å². The molecule has 0 radical (unpaired) electrons. The van der Waals surface area contributed by atoms with Crippen molar-refractivity contribution in [3.05, 3.63) is 46.0 Å². The predicted molar refractivity (Wildman–Crippen MR) is 56.6 cm³/mol. The molecule has 1 heterocycles. The van der Waals surface area contributed by atoms with Crippen LogP contribution in [-0.4, -0.2) is 16.8 Å². The number of hydrogen-bond acceptors (Lipinski definition) is 4. The lowest BCUT2D eigenvalue weighted by molar-refractivity contribution is 0.343. The number of aliphatic hydroxyl groups is 1. The molecule has 0 spiro atoms. The maximum atomic E-state index is 11.1. The third-order valence-corrected chi connectivity index (χ3v) is 1.79.